The lowest BCUT2D eigenvalue weighted by Gasteiger charge is -2.23. The first-order valence-corrected chi connectivity index (χ1v) is 12.6. The molecule has 0 spiro atoms. The maximum absolute atomic E-state index is 13.3. The van der Waals surface area contributed by atoms with Crippen molar-refractivity contribution in [1.82, 2.24) is 5.32 Å². The number of anilines is 1. The Balaban J connectivity index is 1.25. The van der Waals surface area contributed by atoms with E-state index in [1.54, 1.807) is 4.90 Å². The van der Waals surface area contributed by atoms with Gasteiger partial charge in [-0.2, -0.15) is 0 Å². The number of fused-ring (bicyclic) bond motifs is 1. The summed E-state index contributed by atoms with van der Waals surface area (Å²) in [4.78, 5) is 28.3. The Morgan fingerprint density at radius 2 is 1.69 bits per heavy atom. The van der Waals surface area contributed by atoms with Crippen molar-refractivity contribution in [2.24, 2.45) is 0 Å². The van der Waals surface area contributed by atoms with Gasteiger partial charge in [-0.05, 0) is 59.3 Å². The molecule has 0 unspecified atom stereocenters. The zero-order chi connectivity index (χ0) is 24.9. The number of nitrogens with zero attached hydrogens (tertiary/aromatic N) is 1. The maximum atomic E-state index is 13.3. The molecule has 1 aliphatic heterocycles. The summed E-state index contributed by atoms with van der Waals surface area (Å²) >= 11 is 1.43. The second kappa shape index (κ2) is 10.7. The molecule has 1 aliphatic rings. The zero-order valence-corrected chi connectivity index (χ0v) is 20.7. The van der Waals surface area contributed by atoms with Gasteiger partial charge in [0.15, 0.2) is 11.5 Å². The standard InChI is InChI=1S/C29H26N2O4S/c1-20-4-2-5-23(14-20)18-31(29(33)27-6-3-13-36-27)24-10-7-21(8-11-24)16-28(32)30-17-22-9-12-25-26(15-22)35-19-34-25/h2-15H,16-19H2,1H3,(H,30,32). The molecule has 0 bridgehead atoms. The normalized spacial score (nSPS) is 11.8. The van der Waals surface area contributed by atoms with Crippen LogP contribution in [0.4, 0.5) is 5.69 Å². The van der Waals surface area contributed by atoms with Crippen molar-refractivity contribution in [2.75, 3.05) is 11.7 Å². The molecule has 1 N–H and O–H groups in total. The van der Waals surface area contributed by atoms with Gasteiger partial charge in [0.05, 0.1) is 17.8 Å². The van der Waals surface area contributed by atoms with E-state index in [2.05, 4.69) is 11.4 Å². The van der Waals surface area contributed by atoms with Crippen LogP contribution in [0, 0.1) is 6.92 Å². The number of amides is 2. The van der Waals surface area contributed by atoms with Crippen LogP contribution in [0.15, 0.2) is 84.2 Å². The van der Waals surface area contributed by atoms with E-state index < -0.39 is 0 Å². The molecule has 0 radical (unpaired) electrons. The highest BCUT2D eigenvalue weighted by Crippen LogP contribution is 2.32. The van der Waals surface area contributed by atoms with Crippen molar-refractivity contribution in [2.45, 2.75) is 26.4 Å². The van der Waals surface area contributed by atoms with Crippen molar-refractivity contribution >= 4 is 28.8 Å². The molecule has 2 amide bonds. The van der Waals surface area contributed by atoms with E-state index in [9.17, 15) is 9.59 Å². The summed E-state index contributed by atoms with van der Waals surface area (Å²) in [5, 5.41) is 4.86. The zero-order valence-electron chi connectivity index (χ0n) is 19.9. The Kier molecular flexibility index (Phi) is 7.00. The van der Waals surface area contributed by atoms with Gasteiger partial charge in [-0.1, -0.05) is 54.1 Å². The summed E-state index contributed by atoms with van der Waals surface area (Å²) in [5.74, 6) is 1.30. The third-order valence-corrected chi connectivity index (χ3v) is 6.80. The highest BCUT2D eigenvalue weighted by molar-refractivity contribution is 7.12. The molecule has 0 fully saturated rings. The average Bonchev–Trinajstić information content (AvgIpc) is 3.58. The SMILES string of the molecule is Cc1cccc(CN(C(=O)c2cccs2)c2ccc(CC(=O)NCc3ccc4c(c3)OCO4)cc2)c1. The fourth-order valence-electron chi connectivity index (χ4n) is 4.10. The van der Waals surface area contributed by atoms with Crippen LogP contribution in [0.1, 0.15) is 31.9 Å². The van der Waals surface area contributed by atoms with Crippen LogP contribution in [-0.4, -0.2) is 18.6 Å². The Labute approximate surface area is 214 Å². The Bertz CT molecular complexity index is 1370. The summed E-state index contributed by atoms with van der Waals surface area (Å²) in [6.45, 7) is 3.14. The molecule has 0 saturated carbocycles. The fourth-order valence-corrected chi connectivity index (χ4v) is 4.77. The molecule has 0 aliphatic carbocycles. The van der Waals surface area contributed by atoms with E-state index in [1.807, 2.05) is 85.1 Å². The number of hydrogen-bond acceptors (Lipinski definition) is 5. The quantitative estimate of drug-likeness (QED) is 0.349. The third kappa shape index (κ3) is 5.58. The van der Waals surface area contributed by atoms with Crippen LogP contribution in [0.3, 0.4) is 0 Å². The Morgan fingerprint density at radius 1 is 0.889 bits per heavy atom. The van der Waals surface area contributed by atoms with E-state index in [0.29, 0.717) is 23.7 Å². The van der Waals surface area contributed by atoms with E-state index in [0.717, 1.165) is 33.7 Å². The minimum absolute atomic E-state index is 0.0410. The molecule has 7 heteroatoms. The molecule has 3 aromatic carbocycles. The molecule has 0 atom stereocenters. The predicted octanol–water partition coefficient (Wildman–Crippen LogP) is 5.49. The third-order valence-electron chi connectivity index (χ3n) is 5.94. The van der Waals surface area contributed by atoms with Crippen LogP contribution in [0.25, 0.3) is 0 Å². The molecular formula is C29H26N2O4S. The van der Waals surface area contributed by atoms with E-state index in [-0.39, 0.29) is 25.0 Å². The van der Waals surface area contributed by atoms with Gasteiger partial charge in [0, 0.05) is 12.2 Å². The number of ether oxygens (including phenoxy) is 2. The molecule has 2 heterocycles. The molecule has 36 heavy (non-hydrogen) atoms. The number of benzene rings is 3. The second-order valence-corrected chi connectivity index (χ2v) is 9.61. The van der Waals surface area contributed by atoms with Crippen molar-refractivity contribution in [3.05, 3.63) is 111 Å². The fraction of sp³-hybridized carbons (Fsp3) is 0.172. The highest BCUT2D eigenvalue weighted by atomic mass is 32.1. The number of thiophene rings is 1. The Morgan fingerprint density at radius 3 is 2.47 bits per heavy atom. The number of nitrogens with one attached hydrogen (secondary N) is 1. The van der Waals surface area contributed by atoms with Crippen molar-refractivity contribution in [1.29, 1.82) is 0 Å². The van der Waals surface area contributed by atoms with Crippen molar-refractivity contribution in [3.63, 3.8) is 0 Å². The van der Waals surface area contributed by atoms with Gasteiger partial charge in [0.2, 0.25) is 12.7 Å². The van der Waals surface area contributed by atoms with Gasteiger partial charge in [0.25, 0.3) is 5.91 Å². The van der Waals surface area contributed by atoms with Crippen LogP contribution in [-0.2, 0) is 24.3 Å². The summed E-state index contributed by atoms with van der Waals surface area (Å²) in [6, 6.07) is 25.1. The van der Waals surface area contributed by atoms with E-state index >= 15 is 0 Å². The topological polar surface area (TPSA) is 67.9 Å². The van der Waals surface area contributed by atoms with Gasteiger partial charge < -0.3 is 19.7 Å². The van der Waals surface area contributed by atoms with E-state index in [4.69, 9.17) is 9.47 Å². The monoisotopic (exact) mass is 498 g/mol. The predicted molar refractivity (Wildman–Crippen MR) is 141 cm³/mol. The smallest absolute Gasteiger partial charge is 0.268 e. The number of hydrogen-bond donors (Lipinski definition) is 1. The van der Waals surface area contributed by atoms with Crippen LogP contribution in [0.2, 0.25) is 0 Å². The average molecular weight is 499 g/mol. The first-order valence-electron chi connectivity index (χ1n) is 11.7. The van der Waals surface area contributed by atoms with Gasteiger partial charge in [0.1, 0.15) is 0 Å². The number of aryl methyl sites for hydroxylation is 1. The molecule has 4 aromatic rings. The second-order valence-electron chi connectivity index (χ2n) is 8.67. The van der Waals surface area contributed by atoms with Crippen molar-refractivity contribution in [3.8, 4) is 11.5 Å². The van der Waals surface area contributed by atoms with E-state index in [1.165, 1.54) is 11.3 Å². The van der Waals surface area contributed by atoms with Crippen LogP contribution < -0.4 is 19.7 Å². The van der Waals surface area contributed by atoms with Gasteiger partial charge in [-0.25, -0.2) is 0 Å². The molecular weight excluding hydrogens is 472 g/mol. The molecule has 5 rings (SSSR count). The lowest BCUT2D eigenvalue weighted by atomic mass is 10.1. The van der Waals surface area contributed by atoms with Gasteiger partial charge in [-0.15, -0.1) is 11.3 Å². The Hall–Kier alpha value is -4.10. The highest BCUT2D eigenvalue weighted by Gasteiger charge is 2.19. The number of carbonyl (C=O) groups is 2. The minimum atomic E-state index is -0.0771. The maximum Gasteiger partial charge on any atom is 0.268 e. The van der Waals surface area contributed by atoms with Gasteiger partial charge in [-0.3, -0.25) is 9.59 Å². The molecule has 6 nitrogen and oxygen atoms in total. The molecule has 1 aromatic heterocycles. The van der Waals surface area contributed by atoms with Crippen molar-refractivity contribution < 1.29 is 19.1 Å². The first-order chi connectivity index (χ1) is 17.5. The lowest BCUT2D eigenvalue weighted by Crippen LogP contribution is -2.30. The molecule has 182 valence electrons. The van der Waals surface area contributed by atoms with Gasteiger partial charge >= 0.3 is 0 Å². The van der Waals surface area contributed by atoms with Crippen LogP contribution >= 0.6 is 11.3 Å². The largest absolute Gasteiger partial charge is 0.454 e. The summed E-state index contributed by atoms with van der Waals surface area (Å²) in [6.07, 6.45) is 0.252. The minimum Gasteiger partial charge on any atom is -0.454 e. The van der Waals surface area contributed by atoms with Crippen LogP contribution in [0.5, 0.6) is 11.5 Å². The summed E-state index contributed by atoms with van der Waals surface area (Å²) in [5.41, 5.74) is 4.83. The summed E-state index contributed by atoms with van der Waals surface area (Å²) in [7, 11) is 0. The summed E-state index contributed by atoms with van der Waals surface area (Å²) < 4.78 is 10.7. The molecule has 0 saturated heterocycles. The number of rotatable bonds is 8. The first kappa shape index (κ1) is 23.6. The number of carbonyl (C=O) groups excluding carboxylic acids is 2. The lowest BCUT2D eigenvalue weighted by molar-refractivity contribution is -0.120.